The van der Waals surface area contributed by atoms with Gasteiger partial charge in [0.05, 0.1) is 0 Å². The second-order valence-corrected chi connectivity index (χ2v) is 19.5. The van der Waals surface area contributed by atoms with Crippen LogP contribution in [0.1, 0.15) is 46.2 Å². The summed E-state index contributed by atoms with van der Waals surface area (Å²) in [6.45, 7) is 0. The van der Waals surface area contributed by atoms with Crippen LogP contribution in [0.25, 0.3) is 54.2 Å². The monoisotopic (exact) mass is 1220 g/mol. The van der Waals surface area contributed by atoms with Gasteiger partial charge < -0.3 is 24.8 Å². The molecule has 0 atom stereocenters. The van der Waals surface area contributed by atoms with E-state index < -0.39 is 0 Å². The van der Waals surface area contributed by atoms with Crippen LogP contribution in [-0.4, -0.2) is 6.51 Å². The van der Waals surface area contributed by atoms with Gasteiger partial charge in [-0.3, -0.25) is 0 Å². The predicted octanol–water partition coefficient (Wildman–Crippen LogP) is 9.72. The van der Waals surface area contributed by atoms with Gasteiger partial charge in [0.15, 0.2) is 0 Å². The molecule has 0 bridgehead atoms. The number of hydrogen-bond acceptors (Lipinski definition) is 0. The Labute approximate surface area is 430 Å². The topological polar surface area (TPSA) is 0 Å². The summed E-state index contributed by atoms with van der Waals surface area (Å²) in [6, 6.07) is 77.6. The molecule has 0 spiro atoms. The minimum atomic E-state index is 0. The zero-order valence-corrected chi connectivity index (χ0v) is 45.1. The molecule has 2 aliphatic rings. The molecule has 10 aromatic carbocycles. The summed E-state index contributed by atoms with van der Waals surface area (Å²) in [6.07, 6.45) is 15.3. The average molecular weight is 1220 g/mol. The second-order valence-electron chi connectivity index (χ2n) is 15.9. The van der Waals surface area contributed by atoms with Gasteiger partial charge in [-0.25, -0.2) is 0 Å². The van der Waals surface area contributed by atoms with Crippen LogP contribution in [0.2, 0.25) is 0 Å². The molecule has 0 amide bonds. The molecule has 0 nitrogen and oxygen atoms in total. The standard InChI is InChI=1S/2C18H13.2C13H10.2ClH.2Hf/c2*1-2-7-13(6-1)15-10-5-11-17-16-9-4-3-8-14(16)12-18(15)17;2*1-3-7-12(8-4-1)11-13-9-5-2-6-10-13;;;;/h2*1-6,8-12H,7H2;2*1-10H;2*1H;;/q2*-1;;;;;2*+2/p-2. The van der Waals surface area contributed by atoms with Crippen molar-refractivity contribution in [3.05, 3.63) is 288 Å². The molecule has 0 aliphatic heterocycles. The normalized spacial score (nSPS) is 12.1. The third-order valence-electron chi connectivity index (χ3n) is 11.8. The SMILES string of the molecule is C1=CCC(c2cccc3c2[cH-]c2ccccc23)=C1.C1=CCC(c2cccc3c2[cH-]c2ccccc23)=C1.[Cl-].[Cl-].[Hf+2]=[C](c1ccccc1)c1ccccc1.[Hf+2]=[C](c1ccccc1)c1ccccc1. The number of benzene rings is 8. The molecule has 0 aromatic heterocycles. The molecular formula is C62H46Cl2Hf2. The van der Waals surface area contributed by atoms with Crippen LogP contribution in [0.15, 0.2) is 255 Å². The molecular weight excluding hydrogens is 1170 g/mol. The molecule has 0 fully saturated rings. The third-order valence-corrected chi connectivity index (χ3v) is 15.9. The molecule has 10 aromatic rings. The molecule has 0 saturated carbocycles. The fourth-order valence-corrected chi connectivity index (χ4v) is 11.0. The fraction of sp³-hybridized carbons (Fsp3) is 0.0323. The van der Waals surface area contributed by atoms with E-state index >= 15 is 0 Å². The number of halogens is 2. The van der Waals surface area contributed by atoms with Gasteiger partial charge >= 0.3 is 198 Å². The first-order chi connectivity index (χ1) is 31.6. The van der Waals surface area contributed by atoms with Crippen molar-refractivity contribution in [2.24, 2.45) is 0 Å². The van der Waals surface area contributed by atoms with Crippen molar-refractivity contribution < 1.29 is 72.6 Å². The summed E-state index contributed by atoms with van der Waals surface area (Å²) in [5, 5.41) is 10.9. The Hall–Kier alpha value is -5.48. The van der Waals surface area contributed by atoms with Crippen molar-refractivity contribution in [2.75, 3.05) is 0 Å². The minimum absolute atomic E-state index is 0. The molecule has 0 N–H and O–H groups in total. The van der Waals surface area contributed by atoms with Crippen LogP contribution in [0.5, 0.6) is 0 Å². The maximum atomic E-state index is 2.32. The maximum absolute atomic E-state index is 2.32. The molecule has 2 aliphatic carbocycles. The Kier molecular flexibility index (Phi) is 17.5. The number of hydrogen-bond donors (Lipinski definition) is 0. The van der Waals surface area contributed by atoms with Crippen molar-refractivity contribution in [3.63, 3.8) is 0 Å². The summed E-state index contributed by atoms with van der Waals surface area (Å²) in [4.78, 5) is 0. The summed E-state index contributed by atoms with van der Waals surface area (Å²) in [5.74, 6) is 0. The average Bonchev–Trinajstić information content (AvgIpc) is 4.23. The van der Waals surface area contributed by atoms with E-state index in [0.717, 1.165) is 60.6 Å². The predicted molar refractivity (Wildman–Crippen MR) is 270 cm³/mol. The van der Waals surface area contributed by atoms with Gasteiger partial charge in [0.2, 0.25) is 0 Å². The van der Waals surface area contributed by atoms with Crippen LogP contribution in [0.4, 0.5) is 0 Å². The van der Waals surface area contributed by atoms with E-state index in [1.165, 1.54) is 94.1 Å². The molecule has 0 saturated heterocycles. The van der Waals surface area contributed by atoms with Crippen LogP contribution >= 0.6 is 0 Å². The van der Waals surface area contributed by atoms with Gasteiger partial charge in [0, 0.05) is 0 Å². The third kappa shape index (κ3) is 11.4. The fourth-order valence-electron chi connectivity index (χ4n) is 8.57. The van der Waals surface area contributed by atoms with E-state index in [1.54, 1.807) is 0 Å². The molecule has 0 unspecified atom stereocenters. The summed E-state index contributed by atoms with van der Waals surface area (Å²) in [5.41, 5.74) is 11.0. The first kappa shape index (κ1) is 48.5. The first-order valence-electron chi connectivity index (χ1n) is 21.9. The van der Waals surface area contributed by atoms with E-state index in [2.05, 4.69) is 255 Å². The van der Waals surface area contributed by atoms with Crippen LogP contribution in [-0.2, 0) is 47.8 Å². The summed E-state index contributed by atoms with van der Waals surface area (Å²) >= 11 is 2.16. The Balaban J connectivity index is 0.000000131. The van der Waals surface area contributed by atoms with E-state index in [4.69, 9.17) is 0 Å². The number of fused-ring (bicyclic) bond motifs is 6. The molecule has 0 radical (unpaired) electrons. The Morgan fingerprint density at radius 2 is 0.636 bits per heavy atom. The molecule has 4 heteroatoms. The molecule has 12 rings (SSSR count). The Bertz CT molecular complexity index is 3020. The van der Waals surface area contributed by atoms with Crippen molar-refractivity contribution in [3.8, 4) is 0 Å². The number of rotatable bonds is 6. The molecule has 66 heavy (non-hydrogen) atoms. The van der Waals surface area contributed by atoms with Crippen molar-refractivity contribution >= 4 is 60.7 Å². The van der Waals surface area contributed by atoms with Gasteiger partial charge in [-0.2, -0.15) is 0 Å². The first-order valence-corrected chi connectivity index (χ1v) is 25.5. The Morgan fingerprint density at radius 3 is 0.955 bits per heavy atom. The van der Waals surface area contributed by atoms with Gasteiger partial charge in [-0.05, 0) is 12.8 Å². The quantitative estimate of drug-likeness (QED) is 0.115. The summed E-state index contributed by atoms with van der Waals surface area (Å²) in [7, 11) is 0. The second kappa shape index (κ2) is 23.8. The molecule has 316 valence electrons. The van der Waals surface area contributed by atoms with Gasteiger partial charge in [-0.15, -0.1) is 67.4 Å². The van der Waals surface area contributed by atoms with Crippen LogP contribution < -0.4 is 24.8 Å². The van der Waals surface area contributed by atoms with Crippen LogP contribution in [0, 0.1) is 0 Å². The van der Waals surface area contributed by atoms with Gasteiger partial charge in [0.1, 0.15) is 0 Å². The van der Waals surface area contributed by atoms with E-state index in [9.17, 15) is 0 Å². The Morgan fingerprint density at radius 1 is 0.333 bits per heavy atom. The number of allylic oxidation sites excluding steroid dienone is 8. The zero-order chi connectivity index (χ0) is 43.5. The van der Waals surface area contributed by atoms with Crippen molar-refractivity contribution in [1.29, 1.82) is 0 Å². The van der Waals surface area contributed by atoms with E-state index in [-0.39, 0.29) is 24.8 Å². The van der Waals surface area contributed by atoms with Crippen LogP contribution in [0.3, 0.4) is 0 Å². The van der Waals surface area contributed by atoms with E-state index in [1.807, 2.05) is 0 Å². The van der Waals surface area contributed by atoms with Crippen molar-refractivity contribution in [1.82, 2.24) is 0 Å². The zero-order valence-electron chi connectivity index (χ0n) is 36.4. The van der Waals surface area contributed by atoms with Gasteiger partial charge in [-0.1, -0.05) is 132 Å². The van der Waals surface area contributed by atoms with E-state index in [0.29, 0.717) is 0 Å². The van der Waals surface area contributed by atoms with Gasteiger partial charge in [0.25, 0.3) is 0 Å². The molecule has 0 heterocycles. The van der Waals surface area contributed by atoms with Crippen molar-refractivity contribution in [2.45, 2.75) is 12.8 Å². The summed E-state index contributed by atoms with van der Waals surface area (Å²) < 4.78 is 2.93.